The molecule has 0 aliphatic rings. The Morgan fingerprint density at radius 2 is 2.04 bits per heavy atom. The molecule has 2 heterocycles. The summed E-state index contributed by atoms with van der Waals surface area (Å²) < 4.78 is 1.86. The molecule has 0 fully saturated rings. The van der Waals surface area contributed by atoms with Crippen LogP contribution in [0, 0.1) is 0 Å². The number of carbonyl (C=O) groups excluding carboxylic acids is 1. The molecule has 1 aromatic carbocycles. The number of benzene rings is 1. The number of amides is 1. The van der Waals surface area contributed by atoms with Crippen molar-refractivity contribution in [1.29, 1.82) is 0 Å². The molecule has 0 unspecified atom stereocenters. The van der Waals surface area contributed by atoms with Crippen molar-refractivity contribution in [2.75, 3.05) is 5.75 Å². The summed E-state index contributed by atoms with van der Waals surface area (Å²) >= 11 is 1.35. The van der Waals surface area contributed by atoms with Gasteiger partial charge < -0.3 is 5.32 Å². The average Bonchev–Trinajstić information content (AvgIpc) is 3.08. The van der Waals surface area contributed by atoms with E-state index in [2.05, 4.69) is 20.5 Å². The smallest absolute Gasteiger partial charge is 0.230 e. The Bertz CT molecular complexity index is 760. The zero-order chi connectivity index (χ0) is 15.9. The molecule has 3 aromatic rings. The van der Waals surface area contributed by atoms with Crippen molar-refractivity contribution in [1.82, 2.24) is 25.1 Å². The maximum Gasteiger partial charge on any atom is 0.230 e. The van der Waals surface area contributed by atoms with Gasteiger partial charge in [0, 0.05) is 24.6 Å². The molecule has 1 N–H and O–H groups in total. The second kappa shape index (κ2) is 7.55. The van der Waals surface area contributed by atoms with E-state index in [1.54, 1.807) is 18.7 Å². The predicted molar refractivity (Wildman–Crippen MR) is 88.2 cm³/mol. The zero-order valence-corrected chi connectivity index (χ0v) is 13.1. The normalized spacial score (nSPS) is 10.4. The Morgan fingerprint density at radius 1 is 1.17 bits per heavy atom. The predicted octanol–water partition coefficient (Wildman–Crippen LogP) is 2.07. The van der Waals surface area contributed by atoms with Crippen LogP contribution in [0.1, 0.15) is 5.56 Å². The lowest BCUT2D eigenvalue weighted by Gasteiger charge is -2.07. The first-order valence-corrected chi connectivity index (χ1v) is 8.05. The van der Waals surface area contributed by atoms with Crippen LogP contribution in [0.3, 0.4) is 0 Å². The summed E-state index contributed by atoms with van der Waals surface area (Å²) in [6.07, 6.45) is 5.09. The molecule has 2 aromatic heterocycles. The molecule has 0 bridgehead atoms. The van der Waals surface area contributed by atoms with Crippen LogP contribution in [0.5, 0.6) is 0 Å². The highest BCUT2D eigenvalue weighted by molar-refractivity contribution is 7.99. The van der Waals surface area contributed by atoms with Gasteiger partial charge in [0.15, 0.2) is 5.16 Å². The minimum absolute atomic E-state index is 0.0542. The van der Waals surface area contributed by atoms with Crippen LogP contribution >= 0.6 is 11.8 Å². The number of hydrogen-bond donors (Lipinski definition) is 1. The van der Waals surface area contributed by atoms with Gasteiger partial charge in [0.05, 0.1) is 5.75 Å². The highest BCUT2D eigenvalue weighted by Gasteiger charge is 2.09. The summed E-state index contributed by atoms with van der Waals surface area (Å²) in [6, 6.07) is 13.6. The average molecular weight is 325 g/mol. The van der Waals surface area contributed by atoms with Crippen LogP contribution in [0.25, 0.3) is 5.69 Å². The number of hydrogen-bond acceptors (Lipinski definition) is 5. The molecule has 0 radical (unpaired) electrons. The number of nitrogens with zero attached hydrogens (tertiary/aromatic N) is 4. The summed E-state index contributed by atoms with van der Waals surface area (Å²) in [5.41, 5.74) is 1.94. The van der Waals surface area contributed by atoms with Gasteiger partial charge >= 0.3 is 0 Å². The monoisotopic (exact) mass is 325 g/mol. The molecule has 7 heteroatoms. The number of para-hydroxylation sites is 1. The van der Waals surface area contributed by atoms with E-state index >= 15 is 0 Å². The largest absolute Gasteiger partial charge is 0.351 e. The van der Waals surface area contributed by atoms with Crippen LogP contribution in [0.4, 0.5) is 0 Å². The molecule has 0 aliphatic carbocycles. The number of nitrogens with one attached hydrogen (secondary N) is 1. The van der Waals surface area contributed by atoms with Crippen molar-refractivity contribution in [2.45, 2.75) is 11.7 Å². The highest BCUT2D eigenvalue weighted by atomic mass is 32.2. The Morgan fingerprint density at radius 3 is 2.83 bits per heavy atom. The molecule has 0 saturated carbocycles. The number of thioether (sulfide) groups is 1. The fourth-order valence-corrected chi connectivity index (χ4v) is 2.73. The SMILES string of the molecule is O=C(CSc1nncn1-c1ccccc1)NCc1cccnc1. The van der Waals surface area contributed by atoms with Crippen molar-refractivity contribution < 1.29 is 4.79 Å². The summed E-state index contributed by atoms with van der Waals surface area (Å²) in [6.45, 7) is 0.471. The fourth-order valence-electron chi connectivity index (χ4n) is 1.97. The molecule has 3 rings (SSSR count). The van der Waals surface area contributed by atoms with Gasteiger partial charge in [0.2, 0.25) is 5.91 Å². The van der Waals surface area contributed by atoms with E-state index in [1.165, 1.54) is 11.8 Å². The third-order valence-corrected chi connectivity index (χ3v) is 4.04. The summed E-state index contributed by atoms with van der Waals surface area (Å²) in [5.74, 6) is 0.229. The Balaban J connectivity index is 1.55. The number of carbonyl (C=O) groups is 1. The topological polar surface area (TPSA) is 72.7 Å². The van der Waals surface area contributed by atoms with E-state index in [9.17, 15) is 4.79 Å². The first kappa shape index (κ1) is 15.2. The molecule has 0 saturated heterocycles. The van der Waals surface area contributed by atoms with Gasteiger partial charge in [0.25, 0.3) is 0 Å². The van der Waals surface area contributed by atoms with Gasteiger partial charge in [-0.05, 0) is 23.8 Å². The van der Waals surface area contributed by atoms with Gasteiger partial charge in [-0.15, -0.1) is 10.2 Å². The van der Waals surface area contributed by atoms with E-state index in [4.69, 9.17) is 0 Å². The van der Waals surface area contributed by atoms with Gasteiger partial charge in [-0.25, -0.2) is 0 Å². The van der Waals surface area contributed by atoms with Crippen molar-refractivity contribution in [2.24, 2.45) is 0 Å². The lowest BCUT2D eigenvalue weighted by molar-refractivity contribution is -0.118. The van der Waals surface area contributed by atoms with E-state index in [-0.39, 0.29) is 11.7 Å². The van der Waals surface area contributed by atoms with E-state index in [1.807, 2.05) is 47.0 Å². The fraction of sp³-hybridized carbons (Fsp3) is 0.125. The van der Waals surface area contributed by atoms with Crippen molar-refractivity contribution in [3.05, 3.63) is 66.7 Å². The minimum atomic E-state index is -0.0542. The van der Waals surface area contributed by atoms with Gasteiger partial charge in [-0.2, -0.15) is 0 Å². The number of aromatic nitrogens is 4. The van der Waals surface area contributed by atoms with Crippen LogP contribution in [-0.4, -0.2) is 31.4 Å². The van der Waals surface area contributed by atoms with Gasteiger partial charge in [-0.1, -0.05) is 36.0 Å². The molecule has 0 atom stereocenters. The number of rotatable bonds is 6. The molecule has 1 amide bonds. The van der Waals surface area contributed by atoms with Crippen LogP contribution < -0.4 is 5.32 Å². The third kappa shape index (κ3) is 4.17. The van der Waals surface area contributed by atoms with Crippen LogP contribution in [0.15, 0.2) is 66.3 Å². The minimum Gasteiger partial charge on any atom is -0.351 e. The quantitative estimate of drug-likeness (QED) is 0.702. The molecule has 23 heavy (non-hydrogen) atoms. The zero-order valence-electron chi connectivity index (χ0n) is 12.3. The van der Waals surface area contributed by atoms with E-state index < -0.39 is 0 Å². The summed E-state index contributed by atoms with van der Waals surface area (Å²) in [7, 11) is 0. The molecular weight excluding hydrogens is 310 g/mol. The first-order chi connectivity index (χ1) is 11.3. The standard InChI is InChI=1S/C16H15N5OS/c22-15(18-10-13-5-4-8-17-9-13)11-23-16-20-19-12-21(16)14-6-2-1-3-7-14/h1-9,12H,10-11H2,(H,18,22). The Kier molecular flexibility index (Phi) is 5.00. The molecule has 0 aliphatic heterocycles. The van der Waals surface area contributed by atoms with Gasteiger partial charge in [-0.3, -0.25) is 14.3 Å². The van der Waals surface area contributed by atoms with Crippen molar-refractivity contribution in [3.8, 4) is 5.69 Å². The van der Waals surface area contributed by atoms with Crippen molar-refractivity contribution in [3.63, 3.8) is 0 Å². The molecular formula is C16H15N5OS. The third-order valence-electron chi connectivity index (χ3n) is 3.10. The van der Waals surface area contributed by atoms with Gasteiger partial charge in [0.1, 0.15) is 6.33 Å². The Labute approximate surface area is 138 Å². The number of pyridine rings is 1. The highest BCUT2D eigenvalue weighted by Crippen LogP contribution is 2.18. The summed E-state index contributed by atoms with van der Waals surface area (Å²) in [4.78, 5) is 16.0. The Hall–Kier alpha value is -2.67. The first-order valence-electron chi connectivity index (χ1n) is 7.07. The maximum absolute atomic E-state index is 11.9. The molecule has 6 nitrogen and oxygen atoms in total. The lowest BCUT2D eigenvalue weighted by Crippen LogP contribution is -2.24. The molecule has 0 spiro atoms. The lowest BCUT2D eigenvalue weighted by atomic mass is 10.3. The second-order valence-corrected chi connectivity index (χ2v) is 5.69. The van der Waals surface area contributed by atoms with Crippen LogP contribution in [0.2, 0.25) is 0 Å². The van der Waals surface area contributed by atoms with Crippen LogP contribution in [-0.2, 0) is 11.3 Å². The maximum atomic E-state index is 11.9. The van der Waals surface area contributed by atoms with Crippen molar-refractivity contribution >= 4 is 17.7 Å². The second-order valence-electron chi connectivity index (χ2n) is 4.75. The molecule has 116 valence electrons. The summed E-state index contributed by atoms with van der Waals surface area (Å²) in [5, 5.41) is 11.5. The van der Waals surface area contributed by atoms with E-state index in [0.29, 0.717) is 11.7 Å². The van der Waals surface area contributed by atoms with E-state index in [0.717, 1.165) is 11.3 Å².